The van der Waals surface area contributed by atoms with Gasteiger partial charge in [-0.1, -0.05) is 41.6 Å². The maximum atomic E-state index is 13.3. The number of halogens is 2. The van der Waals surface area contributed by atoms with Gasteiger partial charge in [0.25, 0.3) is 5.91 Å². The van der Waals surface area contributed by atoms with Crippen LogP contribution in [0.5, 0.6) is 0 Å². The molecule has 4 aromatic rings. The number of amides is 1. The second-order valence-corrected chi connectivity index (χ2v) is 10.5. The lowest BCUT2D eigenvalue weighted by Crippen LogP contribution is -2.28. The molecule has 5 rings (SSSR count). The molecular formula is C25H16BrClN2O3S2. The highest BCUT2D eigenvalue weighted by molar-refractivity contribution is 9.10. The Morgan fingerprint density at radius 1 is 1.09 bits per heavy atom. The molecule has 0 atom stereocenters. The predicted molar refractivity (Wildman–Crippen MR) is 140 cm³/mol. The Balaban J connectivity index is 1.42. The summed E-state index contributed by atoms with van der Waals surface area (Å²) < 4.78 is 12.3. The van der Waals surface area contributed by atoms with Gasteiger partial charge in [0.2, 0.25) is 0 Å². The van der Waals surface area contributed by atoms with Gasteiger partial charge in [0, 0.05) is 16.0 Å². The number of amidine groups is 1. The van der Waals surface area contributed by atoms with E-state index >= 15 is 0 Å². The Morgan fingerprint density at radius 3 is 2.62 bits per heavy atom. The van der Waals surface area contributed by atoms with Crippen LogP contribution in [-0.4, -0.2) is 16.0 Å². The van der Waals surface area contributed by atoms with Gasteiger partial charge in [0.1, 0.15) is 11.5 Å². The molecule has 2 aromatic heterocycles. The predicted octanol–water partition coefficient (Wildman–Crippen LogP) is 8.24. The minimum Gasteiger partial charge on any atom is -0.467 e. The molecule has 170 valence electrons. The van der Waals surface area contributed by atoms with Gasteiger partial charge < -0.3 is 8.83 Å². The fourth-order valence-electron chi connectivity index (χ4n) is 3.15. The molecule has 34 heavy (non-hydrogen) atoms. The fourth-order valence-corrected chi connectivity index (χ4v) is 5.58. The lowest BCUT2D eigenvalue weighted by atomic mass is 10.3. The number of hydrogen-bond donors (Lipinski definition) is 0. The third-order valence-corrected chi connectivity index (χ3v) is 7.84. The molecule has 0 bridgehead atoms. The average Bonchev–Trinajstić information content (AvgIpc) is 3.54. The third kappa shape index (κ3) is 5.36. The van der Waals surface area contributed by atoms with Crippen LogP contribution < -0.4 is 0 Å². The molecule has 9 heteroatoms. The van der Waals surface area contributed by atoms with Crippen molar-refractivity contribution < 1.29 is 13.6 Å². The number of furan rings is 2. The molecule has 0 radical (unpaired) electrons. The first-order valence-electron chi connectivity index (χ1n) is 10.2. The largest absolute Gasteiger partial charge is 0.467 e. The van der Waals surface area contributed by atoms with E-state index in [1.54, 1.807) is 23.3 Å². The summed E-state index contributed by atoms with van der Waals surface area (Å²) in [6, 6.07) is 22.5. The van der Waals surface area contributed by atoms with E-state index in [0.29, 0.717) is 38.3 Å². The van der Waals surface area contributed by atoms with Gasteiger partial charge in [-0.15, -0.1) is 0 Å². The van der Waals surface area contributed by atoms with E-state index in [1.807, 2.05) is 66.7 Å². The van der Waals surface area contributed by atoms with Crippen LogP contribution in [0.1, 0.15) is 11.5 Å². The van der Waals surface area contributed by atoms with Crippen LogP contribution in [0.4, 0.5) is 5.69 Å². The third-order valence-electron chi connectivity index (χ3n) is 4.74. The number of benzene rings is 2. The van der Waals surface area contributed by atoms with Gasteiger partial charge in [-0.3, -0.25) is 9.69 Å². The fraction of sp³-hybridized carbons (Fsp3) is 0.0400. The summed E-state index contributed by atoms with van der Waals surface area (Å²) >= 11 is 12.3. The molecule has 2 aromatic carbocycles. The first-order valence-corrected chi connectivity index (χ1v) is 13.0. The van der Waals surface area contributed by atoms with Crippen molar-refractivity contribution in [3.63, 3.8) is 0 Å². The molecule has 0 aliphatic carbocycles. The van der Waals surface area contributed by atoms with Crippen molar-refractivity contribution in [2.24, 2.45) is 4.99 Å². The van der Waals surface area contributed by atoms with E-state index in [9.17, 15) is 4.79 Å². The summed E-state index contributed by atoms with van der Waals surface area (Å²) in [4.78, 5) is 21.1. The first kappa shape index (κ1) is 23.1. The standard InChI is InChI=1S/C25H16BrClN2O3S2/c26-21-13-19(32-24(21)33-20-10-8-16(27)9-11-20)14-22-23(30)29(15-18-7-4-12-31-18)25(34-22)28-17-5-2-1-3-6-17/h1-14H,15H2/b22-14-,28-25?. The number of rotatable bonds is 6. The van der Waals surface area contributed by atoms with Gasteiger partial charge in [0.05, 0.1) is 27.9 Å². The van der Waals surface area contributed by atoms with Gasteiger partial charge in [-0.2, -0.15) is 0 Å². The lowest BCUT2D eigenvalue weighted by molar-refractivity contribution is -0.122. The Bertz CT molecular complexity index is 1370. The molecule has 0 unspecified atom stereocenters. The van der Waals surface area contributed by atoms with Gasteiger partial charge in [-0.05, 0) is 82.3 Å². The Kier molecular flexibility index (Phi) is 7.01. The van der Waals surface area contributed by atoms with Crippen molar-refractivity contribution in [3.8, 4) is 0 Å². The molecule has 3 heterocycles. The van der Waals surface area contributed by atoms with Crippen molar-refractivity contribution in [1.82, 2.24) is 4.90 Å². The minimum atomic E-state index is -0.157. The Hall–Kier alpha value is -2.65. The second-order valence-electron chi connectivity index (χ2n) is 7.15. The smallest absolute Gasteiger partial charge is 0.267 e. The SMILES string of the molecule is O=C1/C(=C/c2cc(Br)c(Sc3ccc(Cl)cc3)o2)SC(=Nc2ccccc2)N1Cc1ccco1. The zero-order chi connectivity index (χ0) is 23.5. The van der Waals surface area contributed by atoms with Crippen molar-refractivity contribution in [3.05, 3.63) is 105 Å². The number of nitrogens with zero attached hydrogens (tertiary/aromatic N) is 2. The molecular weight excluding hydrogens is 556 g/mol. The highest BCUT2D eigenvalue weighted by Crippen LogP contribution is 2.39. The van der Waals surface area contributed by atoms with Crippen molar-refractivity contribution in [1.29, 1.82) is 0 Å². The minimum absolute atomic E-state index is 0.157. The quantitative estimate of drug-likeness (QED) is 0.218. The summed E-state index contributed by atoms with van der Waals surface area (Å²) in [6.07, 6.45) is 3.33. The van der Waals surface area contributed by atoms with Crippen LogP contribution in [-0.2, 0) is 11.3 Å². The number of para-hydroxylation sites is 1. The summed E-state index contributed by atoms with van der Waals surface area (Å²) in [7, 11) is 0. The van der Waals surface area contributed by atoms with Crippen molar-refractivity contribution in [2.75, 3.05) is 0 Å². The van der Waals surface area contributed by atoms with Gasteiger partial charge in [-0.25, -0.2) is 4.99 Å². The number of carbonyl (C=O) groups is 1. The summed E-state index contributed by atoms with van der Waals surface area (Å²) in [5.74, 6) is 1.09. The van der Waals surface area contributed by atoms with E-state index in [2.05, 4.69) is 15.9 Å². The molecule has 1 aliphatic rings. The molecule has 0 N–H and O–H groups in total. The summed E-state index contributed by atoms with van der Waals surface area (Å²) in [5.41, 5.74) is 0.769. The van der Waals surface area contributed by atoms with E-state index < -0.39 is 0 Å². The molecule has 1 fully saturated rings. The summed E-state index contributed by atoms with van der Waals surface area (Å²) in [6.45, 7) is 0.293. The van der Waals surface area contributed by atoms with Gasteiger partial charge >= 0.3 is 0 Å². The van der Waals surface area contributed by atoms with E-state index in [4.69, 9.17) is 25.4 Å². The van der Waals surface area contributed by atoms with Crippen LogP contribution >= 0.6 is 51.1 Å². The van der Waals surface area contributed by atoms with E-state index in [-0.39, 0.29) is 5.91 Å². The lowest BCUT2D eigenvalue weighted by Gasteiger charge is -2.13. The van der Waals surface area contributed by atoms with Crippen LogP contribution in [0.3, 0.4) is 0 Å². The van der Waals surface area contributed by atoms with E-state index in [1.165, 1.54) is 23.5 Å². The highest BCUT2D eigenvalue weighted by Gasteiger charge is 2.34. The second kappa shape index (κ2) is 10.3. The molecule has 0 saturated carbocycles. The first-order chi connectivity index (χ1) is 16.5. The Labute approximate surface area is 218 Å². The number of hydrogen-bond acceptors (Lipinski definition) is 6. The number of carbonyl (C=O) groups excluding carboxylic acids is 1. The number of thioether (sulfide) groups is 1. The highest BCUT2D eigenvalue weighted by atomic mass is 79.9. The molecule has 1 amide bonds. The van der Waals surface area contributed by atoms with Crippen molar-refractivity contribution >= 4 is 73.9 Å². The maximum Gasteiger partial charge on any atom is 0.267 e. The monoisotopic (exact) mass is 570 g/mol. The number of aliphatic imine (C=N–C) groups is 1. The molecule has 1 saturated heterocycles. The van der Waals surface area contributed by atoms with Gasteiger partial charge in [0.15, 0.2) is 10.3 Å². The molecule has 5 nitrogen and oxygen atoms in total. The summed E-state index contributed by atoms with van der Waals surface area (Å²) in [5, 5.41) is 1.95. The van der Waals surface area contributed by atoms with Crippen LogP contribution in [0.2, 0.25) is 5.02 Å². The van der Waals surface area contributed by atoms with Crippen LogP contribution in [0.15, 0.2) is 112 Å². The molecule has 0 spiro atoms. The Morgan fingerprint density at radius 2 is 1.88 bits per heavy atom. The average molecular weight is 572 g/mol. The molecule has 1 aliphatic heterocycles. The van der Waals surface area contributed by atoms with Crippen LogP contribution in [0.25, 0.3) is 6.08 Å². The maximum absolute atomic E-state index is 13.3. The zero-order valence-corrected chi connectivity index (χ0v) is 21.5. The van der Waals surface area contributed by atoms with E-state index in [0.717, 1.165) is 15.1 Å². The van der Waals surface area contributed by atoms with Crippen LogP contribution in [0, 0.1) is 0 Å². The topological polar surface area (TPSA) is 59.0 Å². The zero-order valence-electron chi connectivity index (χ0n) is 17.5. The normalized spacial score (nSPS) is 16.2. The van der Waals surface area contributed by atoms with Crippen molar-refractivity contribution in [2.45, 2.75) is 16.5 Å².